The van der Waals surface area contributed by atoms with Crippen LogP contribution in [0.25, 0.3) is 0 Å². The largest absolute Gasteiger partial charge is 0.355 e. The Hall–Kier alpha value is -0.610. The number of carbonyl (C=O) groups is 1. The first-order valence-corrected chi connectivity index (χ1v) is 8.44. The predicted octanol–water partition coefficient (Wildman–Crippen LogP) is 2.15. The molecule has 118 valence electrons. The van der Waals surface area contributed by atoms with Crippen LogP contribution in [-0.4, -0.2) is 49.1 Å². The minimum atomic E-state index is 0.000539. The molecule has 2 N–H and O–H groups in total. The van der Waals surface area contributed by atoms with Crippen molar-refractivity contribution in [2.75, 3.05) is 26.2 Å². The molecule has 2 atom stereocenters. The Morgan fingerprint density at radius 1 is 1.30 bits per heavy atom. The average Bonchev–Trinajstić information content (AvgIpc) is 2.49. The van der Waals surface area contributed by atoms with Gasteiger partial charge < -0.3 is 10.6 Å². The lowest BCUT2D eigenvalue weighted by Gasteiger charge is -2.39. The van der Waals surface area contributed by atoms with Crippen LogP contribution in [0.1, 0.15) is 59.3 Å². The molecule has 2 unspecified atom stereocenters. The Bertz CT molecular complexity index is 270. The van der Waals surface area contributed by atoms with Crippen LogP contribution in [0.5, 0.6) is 0 Å². The van der Waals surface area contributed by atoms with Gasteiger partial charge in [-0.25, -0.2) is 0 Å². The molecule has 20 heavy (non-hydrogen) atoms. The van der Waals surface area contributed by atoms with Gasteiger partial charge in [-0.1, -0.05) is 33.1 Å². The topological polar surface area (TPSA) is 44.4 Å². The number of hydrogen-bond acceptors (Lipinski definition) is 3. The Morgan fingerprint density at radius 2 is 2.10 bits per heavy atom. The summed E-state index contributed by atoms with van der Waals surface area (Å²) in [6.07, 6.45) is 7.20. The van der Waals surface area contributed by atoms with E-state index in [-0.39, 0.29) is 11.9 Å². The highest BCUT2D eigenvalue weighted by Crippen LogP contribution is 2.19. The zero-order valence-electron chi connectivity index (χ0n) is 13.6. The van der Waals surface area contributed by atoms with Crippen molar-refractivity contribution in [2.24, 2.45) is 0 Å². The molecule has 1 amide bonds. The number of amides is 1. The van der Waals surface area contributed by atoms with Crippen molar-refractivity contribution in [2.45, 2.75) is 71.4 Å². The average molecular weight is 283 g/mol. The molecule has 4 nitrogen and oxygen atoms in total. The summed E-state index contributed by atoms with van der Waals surface area (Å²) in [5, 5.41) is 6.52. The van der Waals surface area contributed by atoms with Crippen molar-refractivity contribution >= 4 is 5.91 Å². The number of unbranched alkanes of at least 4 members (excludes halogenated alkanes) is 2. The van der Waals surface area contributed by atoms with E-state index in [1.807, 2.05) is 0 Å². The molecule has 0 aromatic carbocycles. The normalized spacial score (nSPS) is 21.6. The van der Waals surface area contributed by atoms with Gasteiger partial charge in [0, 0.05) is 19.1 Å². The van der Waals surface area contributed by atoms with Gasteiger partial charge in [-0.3, -0.25) is 9.69 Å². The van der Waals surface area contributed by atoms with Crippen molar-refractivity contribution in [1.82, 2.24) is 15.5 Å². The molecule has 0 aromatic rings. The van der Waals surface area contributed by atoms with Gasteiger partial charge >= 0.3 is 0 Å². The summed E-state index contributed by atoms with van der Waals surface area (Å²) in [4.78, 5) is 14.6. The number of rotatable bonds is 9. The first kappa shape index (κ1) is 17.4. The third-order valence-electron chi connectivity index (χ3n) is 4.26. The number of nitrogens with zero attached hydrogens (tertiary/aromatic N) is 1. The van der Waals surface area contributed by atoms with Gasteiger partial charge in [-0.15, -0.1) is 0 Å². The third kappa shape index (κ3) is 5.80. The smallest absolute Gasteiger partial charge is 0.237 e. The fourth-order valence-electron chi connectivity index (χ4n) is 2.95. The van der Waals surface area contributed by atoms with E-state index in [0.717, 1.165) is 32.6 Å². The minimum Gasteiger partial charge on any atom is -0.355 e. The monoisotopic (exact) mass is 283 g/mol. The molecule has 1 fully saturated rings. The lowest BCUT2D eigenvalue weighted by atomic mass is 9.99. The summed E-state index contributed by atoms with van der Waals surface area (Å²) in [5.41, 5.74) is 0. The summed E-state index contributed by atoms with van der Waals surface area (Å²) in [5.74, 6) is 0.199. The summed E-state index contributed by atoms with van der Waals surface area (Å²) in [6, 6.07) is 0.515. The van der Waals surface area contributed by atoms with E-state index < -0.39 is 0 Å². The summed E-state index contributed by atoms with van der Waals surface area (Å²) in [7, 11) is 0. The minimum absolute atomic E-state index is 0.000539. The molecule has 1 aliphatic heterocycles. The number of carbonyl (C=O) groups excluding carboxylic acids is 1. The third-order valence-corrected chi connectivity index (χ3v) is 4.26. The van der Waals surface area contributed by atoms with E-state index in [4.69, 9.17) is 0 Å². The first-order valence-electron chi connectivity index (χ1n) is 8.44. The predicted molar refractivity (Wildman–Crippen MR) is 84.9 cm³/mol. The van der Waals surface area contributed by atoms with Gasteiger partial charge in [-0.05, 0) is 39.3 Å². The molecule has 1 aliphatic rings. The molecule has 0 aliphatic carbocycles. The maximum absolute atomic E-state index is 12.3. The molecule has 1 heterocycles. The zero-order valence-corrected chi connectivity index (χ0v) is 13.6. The van der Waals surface area contributed by atoms with Crippen molar-refractivity contribution in [3.8, 4) is 0 Å². The molecule has 4 heteroatoms. The van der Waals surface area contributed by atoms with Gasteiger partial charge in [0.2, 0.25) is 5.91 Å². The molecule has 1 saturated heterocycles. The van der Waals surface area contributed by atoms with Crippen LogP contribution in [0.15, 0.2) is 0 Å². The second-order valence-corrected chi connectivity index (χ2v) is 5.87. The Balaban J connectivity index is 2.40. The number of piperidine rings is 1. The van der Waals surface area contributed by atoms with Crippen molar-refractivity contribution in [1.29, 1.82) is 0 Å². The Morgan fingerprint density at radius 3 is 2.80 bits per heavy atom. The molecule has 0 saturated carbocycles. The van der Waals surface area contributed by atoms with Gasteiger partial charge in [0.1, 0.15) is 0 Å². The number of likely N-dealkylation sites (N-methyl/N-ethyl adjacent to an activating group) is 1. The van der Waals surface area contributed by atoms with Crippen molar-refractivity contribution in [3.05, 3.63) is 0 Å². The first-order chi connectivity index (χ1) is 9.70. The van der Waals surface area contributed by atoms with Crippen LogP contribution in [-0.2, 0) is 4.79 Å². The molecule has 0 radical (unpaired) electrons. The highest BCUT2D eigenvalue weighted by atomic mass is 16.2. The van der Waals surface area contributed by atoms with Crippen LogP contribution < -0.4 is 10.6 Å². The van der Waals surface area contributed by atoms with Crippen molar-refractivity contribution < 1.29 is 4.79 Å². The van der Waals surface area contributed by atoms with Gasteiger partial charge in [0.15, 0.2) is 0 Å². The van der Waals surface area contributed by atoms with Crippen LogP contribution in [0, 0.1) is 0 Å². The van der Waals surface area contributed by atoms with Gasteiger partial charge in [0.05, 0.1) is 6.04 Å². The van der Waals surface area contributed by atoms with Crippen LogP contribution >= 0.6 is 0 Å². The van der Waals surface area contributed by atoms with E-state index in [0.29, 0.717) is 6.04 Å². The number of likely N-dealkylation sites (tertiary alicyclic amines) is 1. The number of hydrogen-bond donors (Lipinski definition) is 2. The lowest BCUT2D eigenvalue weighted by Crippen LogP contribution is -2.54. The molecule has 0 aromatic heterocycles. The fraction of sp³-hybridized carbons (Fsp3) is 0.938. The van der Waals surface area contributed by atoms with E-state index in [2.05, 4.69) is 36.3 Å². The van der Waals surface area contributed by atoms with Crippen LogP contribution in [0.4, 0.5) is 0 Å². The summed E-state index contributed by atoms with van der Waals surface area (Å²) in [6.45, 7) is 10.3. The summed E-state index contributed by atoms with van der Waals surface area (Å²) < 4.78 is 0. The van der Waals surface area contributed by atoms with E-state index in [9.17, 15) is 4.79 Å². The second-order valence-electron chi connectivity index (χ2n) is 5.87. The van der Waals surface area contributed by atoms with Crippen LogP contribution in [0.2, 0.25) is 0 Å². The highest BCUT2D eigenvalue weighted by Gasteiger charge is 2.29. The standard InChI is InChI=1S/C16H33N3O/c1-4-6-8-11-18-16(20)14(3)19-12-9-7-10-15(19)13-17-5-2/h14-15,17H,4-13H2,1-3H3,(H,18,20). The van der Waals surface area contributed by atoms with Crippen LogP contribution in [0.3, 0.4) is 0 Å². The van der Waals surface area contributed by atoms with E-state index in [1.165, 1.54) is 32.1 Å². The maximum Gasteiger partial charge on any atom is 0.237 e. The van der Waals surface area contributed by atoms with E-state index >= 15 is 0 Å². The summed E-state index contributed by atoms with van der Waals surface area (Å²) >= 11 is 0. The SMILES string of the molecule is CCCCCNC(=O)C(C)N1CCCCC1CNCC. The second kappa shape index (κ2) is 10.2. The molecule has 1 rings (SSSR count). The lowest BCUT2D eigenvalue weighted by molar-refractivity contribution is -0.127. The molecule has 0 spiro atoms. The van der Waals surface area contributed by atoms with Gasteiger partial charge in [-0.2, -0.15) is 0 Å². The Labute approximate surface area is 124 Å². The van der Waals surface area contributed by atoms with Gasteiger partial charge in [0.25, 0.3) is 0 Å². The van der Waals surface area contributed by atoms with E-state index in [1.54, 1.807) is 0 Å². The highest BCUT2D eigenvalue weighted by molar-refractivity contribution is 5.81. The molecule has 0 bridgehead atoms. The fourth-order valence-corrected chi connectivity index (χ4v) is 2.95. The molecular formula is C16H33N3O. The number of nitrogens with one attached hydrogen (secondary N) is 2. The maximum atomic E-state index is 12.3. The zero-order chi connectivity index (χ0) is 14.8. The van der Waals surface area contributed by atoms with Crippen molar-refractivity contribution in [3.63, 3.8) is 0 Å². The Kier molecular flexibility index (Phi) is 8.86. The molecular weight excluding hydrogens is 250 g/mol. The quantitative estimate of drug-likeness (QED) is 0.637.